The van der Waals surface area contributed by atoms with E-state index < -0.39 is 0 Å². The van der Waals surface area contributed by atoms with Crippen LogP contribution in [0, 0.1) is 11.7 Å². The van der Waals surface area contributed by atoms with Gasteiger partial charge in [-0.3, -0.25) is 0 Å². The summed E-state index contributed by atoms with van der Waals surface area (Å²) >= 11 is 0. The second-order valence-corrected chi connectivity index (χ2v) is 3.91. The fourth-order valence-electron chi connectivity index (χ4n) is 1.06. The van der Waals surface area contributed by atoms with Crippen LogP contribution in [0.3, 0.4) is 0 Å². The minimum atomic E-state index is -0.368. The van der Waals surface area contributed by atoms with E-state index in [9.17, 15) is 4.39 Å². The fourth-order valence-corrected chi connectivity index (χ4v) is 1.06. The number of rotatable bonds is 3. The minimum absolute atomic E-state index is 0.186. The van der Waals surface area contributed by atoms with Crippen LogP contribution in [0.5, 0.6) is 0 Å². The van der Waals surface area contributed by atoms with Crippen molar-refractivity contribution in [2.24, 2.45) is 5.92 Å². The van der Waals surface area contributed by atoms with Gasteiger partial charge in [0.05, 0.1) is 5.69 Å². The number of nitrogens with two attached hydrogens (primary N) is 1. The summed E-state index contributed by atoms with van der Waals surface area (Å²) in [6.45, 7) is 6.35. The normalized spacial score (nSPS) is 12.9. The minimum Gasteiger partial charge on any atom is -0.396 e. The molecule has 0 aromatic heterocycles. The molecule has 3 N–H and O–H groups in total. The van der Waals surface area contributed by atoms with Crippen LogP contribution < -0.4 is 11.1 Å². The summed E-state index contributed by atoms with van der Waals surface area (Å²) in [4.78, 5) is 0. The Labute approximate surface area is 84.3 Å². The van der Waals surface area contributed by atoms with Gasteiger partial charge in [0.15, 0.2) is 0 Å². The van der Waals surface area contributed by atoms with Gasteiger partial charge >= 0.3 is 0 Å². The van der Waals surface area contributed by atoms with Crippen molar-refractivity contribution in [2.75, 3.05) is 11.1 Å². The van der Waals surface area contributed by atoms with E-state index in [1.165, 1.54) is 6.07 Å². The Morgan fingerprint density at radius 2 is 1.93 bits per heavy atom. The molecule has 0 amide bonds. The Morgan fingerprint density at radius 1 is 1.29 bits per heavy atom. The fraction of sp³-hybridized carbons (Fsp3) is 0.455. The molecule has 0 spiro atoms. The van der Waals surface area contributed by atoms with Crippen LogP contribution in [0.1, 0.15) is 20.8 Å². The SMILES string of the molecule is CC(C)C(C)Nc1ccc(F)c(N)c1. The summed E-state index contributed by atoms with van der Waals surface area (Å²) in [6, 6.07) is 5.05. The molecule has 0 radical (unpaired) electrons. The summed E-state index contributed by atoms with van der Waals surface area (Å²) in [6.07, 6.45) is 0. The van der Waals surface area contributed by atoms with E-state index in [2.05, 4.69) is 26.1 Å². The summed E-state index contributed by atoms with van der Waals surface area (Å²) in [5.41, 5.74) is 6.51. The average Bonchev–Trinajstić information content (AvgIpc) is 2.11. The maximum Gasteiger partial charge on any atom is 0.146 e. The van der Waals surface area contributed by atoms with Gasteiger partial charge in [-0.1, -0.05) is 13.8 Å². The number of hydrogen-bond acceptors (Lipinski definition) is 2. The molecule has 1 rings (SSSR count). The van der Waals surface area contributed by atoms with Crippen molar-refractivity contribution in [3.63, 3.8) is 0 Å². The Bertz CT molecular complexity index is 310. The van der Waals surface area contributed by atoms with Crippen molar-refractivity contribution in [1.82, 2.24) is 0 Å². The second kappa shape index (κ2) is 4.31. The molecule has 1 unspecified atom stereocenters. The molecule has 0 aliphatic carbocycles. The highest BCUT2D eigenvalue weighted by Gasteiger charge is 2.07. The van der Waals surface area contributed by atoms with Gasteiger partial charge in [-0.25, -0.2) is 4.39 Å². The molecule has 3 heteroatoms. The molecular weight excluding hydrogens is 179 g/mol. The van der Waals surface area contributed by atoms with E-state index in [0.29, 0.717) is 12.0 Å². The van der Waals surface area contributed by atoms with Crippen molar-refractivity contribution < 1.29 is 4.39 Å². The number of nitrogens with one attached hydrogen (secondary N) is 1. The monoisotopic (exact) mass is 196 g/mol. The quantitative estimate of drug-likeness (QED) is 0.729. The number of benzene rings is 1. The summed E-state index contributed by atoms with van der Waals surface area (Å²) in [7, 11) is 0. The Kier molecular flexibility index (Phi) is 3.33. The lowest BCUT2D eigenvalue weighted by Gasteiger charge is -2.19. The van der Waals surface area contributed by atoms with Gasteiger partial charge in [-0.05, 0) is 31.0 Å². The lowest BCUT2D eigenvalue weighted by Crippen LogP contribution is -2.21. The zero-order valence-corrected chi connectivity index (χ0v) is 8.84. The lowest BCUT2D eigenvalue weighted by atomic mass is 10.1. The predicted octanol–water partition coefficient (Wildman–Crippen LogP) is 2.86. The van der Waals surface area contributed by atoms with Crippen molar-refractivity contribution in [1.29, 1.82) is 0 Å². The molecule has 1 aromatic carbocycles. The van der Waals surface area contributed by atoms with Gasteiger partial charge in [0.1, 0.15) is 5.82 Å². The van der Waals surface area contributed by atoms with Crippen molar-refractivity contribution in [3.05, 3.63) is 24.0 Å². The first-order valence-corrected chi connectivity index (χ1v) is 4.82. The van der Waals surface area contributed by atoms with Gasteiger partial charge in [0, 0.05) is 11.7 Å². The topological polar surface area (TPSA) is 38.0 Å². The van der Waals surface area contributed by atoms with Gasteiger partial charge in [-0.15, -0.1) is 0 Å². The standard InChI is InChI=1S/C11H17FN2/c1-7(2)8(3)14-9-4-5-10(12)11(13)6-9/h4-8,14H,13H2,1-3H3. The van der Waals surface area contributed by atoms with Crippen LogP contribution in [0.25, 0.3) is 0 Å². The van der Waals surface area contributed by atoms with E-state index >= 15 is 0 Å². The van der Waals surface area contributed by atoms with Gasteiger partial charge in [0.25, 0.3) is 0 Å². The number of nitrogen functional groups attached to an aromatic ring is 1. The third kappa shape index (κ3) is 2.62. The Morgan fingerprint density at radius 3 is 2.43 bits per heavy atom. The van der Waals surface area contributed by atoms with E-state index in [1.54, 1.807) is 12.1 Å². The first kappa shape index (κ1) is 10.8. The Hall–Kier alpha value is -1.25. The first-order valence-electron chi connectivity index (χ1n) is 4.82. The molecular formula is C11H17FN2. The third-order valence-corrected chi connectivity index (χ3v) is 2.39. The highest BCUT2D eigenvalue weighted by atomic mass is 19.1. The van der Waals surface area contributed by atoms with Crippen LogP contribution >= 0.6 is 0 Å². The van der Waals surface area contributed by atoms with E-state index in [0.717, 1.165) is 5.69 Å². The summed E-state index contributed by atoms with van der Waals surface area (Å²) in [5, 5.41) is 3.26. The number of anilines is 2. The molecule has 0 bridgehead atoms. The smallest absolute Gasteiger partial charge is 0.146 e. The molecule has 0 aliphatic rings. The molecule has 1 atom stereocenters. The van der Waals surface area contributed by atoms with Gasteiger partial charge in [-0.2, -0.15) is 0 Å². The molecule has 14 heavy (non-hydrogen) atoms. The zero-order chi connectivity index (χ0) is 10.7. The zero-order valence-electron chi connectivity index (χ0n) is 8.84. The molecule has 0 saturated carbocycles. The molecule has 0 fully saturated rings. The largest absolute Gasteiger partial charge is 0.396 e. The molecule has 78 valence electrons. The highest BCUT2D eigenvalue weighted by Crippen LogP contribution is 2.18. The van der Waals surface area contributed by atoms with Crippen LogP contribution in [0.4, 0.5) is 15.8 Å². The van der Waals surface area contributed by atoms with Crippen molar-refractivity contribution in [2.45, 2.75) is 26.8 Å². The maximum atomic E-state index is 12.8. The van der Waals surface area contributed by atoms with E-state index in [4.69, 9.17) is 5.73 Å². The molecule has 0 heterocycles. The van der Waals surface area contributed by atoms with Crippen molar-refractivity contribution >= 4 is 11.4 Å². The van der Waals surface area contributed by atoms with E-state index in [-0.39, 0.29) is 11.5 Å². The van der Waals surface area contributed by atoms with Crippen LogP contribution in [0.2, 0.25) is 0 Å². The molecule has 1 aromatic rings. The van der Waals surface area contributed by atoms with Crippen LogP contribution in [-0.4, -0.2) is 6.04 Å². The maximum absolute atomic E-state index is 12.8. The first-order chi connectivity index (χ1) is 6.50. The van der Waals surface area contributed by atoms with Crippen LogP contribution in [-0.2, 0) is 0 Å². The second-order valence-electron chi connectivity index (χ2n) is 3.91. The number of hydrogen-bond donors (Lipinski definition) is 2. The average molecular weight is 196 g/mol. The number of halogens is 1. The third-order valence-electron chi connectivity index (χ3n) is 2.39. The Balaban J connectivity index is 2.73. The van der Waals surface area contributed by atoms with E-state index in [1.807, 2.05) is 0 Å². The van der Waals surface area contributed by atoms with Crippen molar-refractivity contribution in [3.8, 4) is 0 Å². The predicted molar refractivity (Wildman–Crippen MR) is 58.7 cm³/mol. The molecule has 0 aliphatic heterocycles. The van der Waals surface area contributed by atoms with Crippen LogP contribution in [0.15, 0.2) is 18.2 Å². The highest BCUT2D eigenvalue weighted by molar-refractivity contribution is 5.55. The summed E-state index contributed by atoms with van der Waals surface area (Å²) < 4.78 is 12.8. The van der Waals surface area contributed by atoms with Gasteiger partial charge < -0.3 is 11.1 Å². The van der Waals surface area contributed by atoms with Gasteiger partial charge in [0.2, 0.25) is 0 Å². The molecule has 0 saturated heterocycles. The lowest BCUT2D eigenvalue weighted by molar-refractivity contribution is 0.560. The molecule has 2 nitrogen and oxygen atoms in total. The summed E-state index contributed by atoms with van der Waals surface area (Å²) in [5.74, 6) is 0.161.